The molecule has 28 heavy (non-hydrogen) atoms. The molecule has 1 aliphatic rings. The Balaban J connectivity index is 1.70. The molecule has 0 spiro atoms. The minimum atomic E-state index is 0.537. The van der Waals surface area contributed by atoms with Gasteiger partial charge in [0.2, 0.25) is 0 Å². The molecule has 152 valence electrons. The maximum absolute atomic E-state index is 5.33. The quantitative estimate of drug-likeness (QED) is 0.577. The minimum Gasteiger partial charge on any atom is -0.497 e. The van der Waals surface area contributed by atoms with Crippen molar-refractivity contribution < 1.29 is 9.47 Å². The molecule has 0 radical (unpaired) electrons. The number of ether oxygens (including phenoxy) is 2. The summed E-state index contributed by atoms with van der Waals surface area (Å²) in [5, 5.41) is 11.8. The van der Waals surface area contributed by atoms with Gasteiger partial charge in [-0.25, -0.2) is 4.99 Å². The van der Waals surface area contributed by atoms with Crippen LogP contribution in [0, 0.1) is 12.8 Å². The summed E-state index contributed by atoms with van der Waals surface area (Å²) in [6.45, 7) is 5.84. The number of benzene rings is 1. The van der Waals surface area contributed by atoms with Crippen LogP contribution in [0.5, 0.6) is 5.75 Å². The number of aliphatic imine (C=N–C) groups is 1. The van der Waals surface area contributed by atoms with Crippen LogP contribution in [-0.4, -0.2) is 59.5 Å². The van der Waals surface area contributed by atoms with E-state index in [1.54, 1.807) is 14.2 Å². The summed E-state index contributed by atoms with van der Waals surface area (Å²) in [5.74, 6) is 4.08. The van der Waals surface area contributed by atoms with E-state index in [4.69, 9.17) is 14.5 Å². The van der Waals surface area contributed by atoms with Crippen molar-refractivity contribution in [1.82, 2.24) is 25.0 Å². The topological polar surface area (TPSA) is 76.8 Å². The molecule has 2 heterocycles. The van der Waals surface area contributed by atoms with Crippen molar-refractivity contribution in [3.05, 3.63) is 41.5 Å². The van der Waals surface area contributed by atoms with Crippen LogP contribution in [0.1, 0.15) is 23.6 Å². The van der Waals surface area contributed by atoms with Crippen LogP contribution in [0.25, 0.3) is 0 Å². The lowest BCUT2D eigenvalue weighted by Gasteiger charge is -2.22. The molecule has 1 aromatic carbocycles. The Hall–Kier alpha value is -2.61. The molecule has 2 aromatic rings. The van der Waals surface area contributed by atoms with Crippen molar-refractivity contribution in [2.75, 3.05) is 33.9 Å². The van der Waals surface area contributed by atoms with E-state index < -0.39 is 0 Å². The van der Waals surface area contributed by atoms with E-state index in [0.717, 1.165) is 55.0 Å². The number of aromatic nitrogens is 3. The average molecular weight is 387 g/mol. The molecule has 1 aliphatic heterocycles. The Bertz CT molecular complexity index is 786. The Morgan fingerprint density at radius 3 is 2.68 bits per heavy atom. The molecule has 1 atom stereocenters. The lowest BCUT2D eigenvalue weighted by Crippen LogP contribution is -2.40. The van der Waals surface area contributed by atoms with Gasteiger partial charge in [0.1, 0.15) is 11.6 Å². The van der Waals surface area contributed by atoms with Gasteiger partial charge in [-0.3, -0.25) is 0 Å². The fourth-order valence-corrected chi connectivity index (χ4v) is 3.32. The number of aryl methyl sites for hydroxylation is 1. The molecule has 8 heteroatoms. The zero-order valence-electron chi connectivity index (χ0n) is 17.2. The van der Waals surface area contributed by atoms with Crippen molar-refractivity contribution in [3.63, 3.8) is 0 Å². The molecule has 0 amide bonds. The van der Waals surface area contributed by atoms with Gasteiger partial charge < -0.3 is 24.3 Å². The largest absolute Gasteiger partial charge is 0.497 e. The molecule has 0 bridgehead atoms. The summed E-state index contributed by atoms with van der Waals surface area (Å²) < 4.78 is 12.6. The summed E-state index contributed by atoms with van der Waals surface area (Å²) in [7, 11) is 5.41. The van der Waals surface area contributed by atoms with Crippen LogP contribution in [-0.2, 0) is 24.9 Å². The smallest absolute Gasteiger partial charge is 0.194 e. The summed E-state index contributed by atoms with van der Waals surface area (Å²) in [6.07, 6.45) is 1.11. The predicted octanol–water partition coefficient (Wildman–Crippen LogP) is 1.75. The first kappa shape index (κ1) is 20.1. The Morgan fingerprint density at radius 1 is 1.25 bits per heavy atom. The SMILES string of the molecule is COCC1CCN(C(=NCc2ccc(OC)cc2)NCc2nnc(C)n2C)C1. The van der Waals surface area contributed by atoms with Crippen molar-refractivity contribution >= 4 is 5.96 Å². The Kier molecular flexibility index (Phi) is 6.86. The molecule has 1 aromatic heterocycles. The summed E-state index contributed by atoms with van der Waals surface area (Å²) in [5.41, 5.74) is 1.14. The Labute approximate surface area is 166 Å². The number of methoxy groups -OCH3 is 2. The van der Waals surface area contributed by atoms with Crippen LogP contribution in [0.4, 0.5) is 0 Å². The first-order valence-corrected chi connectivity index (χ1v) is 9.60. The number of hydrogen-bond acceptors (Lipinski definition) is 5. The monoisotopic (exact) mass is 386 g/mol. The summed E-state index contributed by atoms with van der Waals surface area (Å²) >= 11 is 0. The van der Waals surface area contributed by atoms with Gasteiger partial charge in [-0.1, -0.05) is 12.1 Å². The third kappa shape index (κ3) is 5.01. The zero-order chi connectivity index (χ0) is 19.9. The molecule has 3 rings (SSSR count). The number of likely N-dealkylation sites (tertiary alicyclic amines) is 1. The zero-order valence-corrected chi connectivity index (χ0v) is 17.2. The first-order valence-electron chi connectivity index (χ1n) is 9.60. The molecule has 1 unspecified atom stereocenters. The number of rotatable bonds is 7. The second kappa shape index (κ2) is 9.54. The predicted molar refractivity (Wildman–Crippen MR) is 108 cm³/mol. The Morgan fingerprint density at radius 2 is 2.04 bits per heavy atom. The highest BCUT2D eigenvalue weighted by Gasteiger charge is 2.25. The van der Waals surface area contributed by atoms with Gasteiger partial charge in [-0.2, -0.15) is 0 Å². The first-order chi connectivity index (χ1) is 13.6. The highest BCUT2D eigenvalue weighted by atomic mass is 16.5. The highest BCUT2D eigenvalue weighted by molar-refractivity contribution is 5.80. The molecule has 0 saturated carbocycles. The average Bonchev–Trinajstić information content (AvgIpc) is 3.30. The van der Waals surface area contributed by atoms with E-state index >= 15 is 0 Å². The third-order valence-corrected chi connectivity index (χ3v) is 5.15. The van der Waals surface area contributed by atoms with Crippen molar-refractivity contribution in [2.24, 2.45) is 18.0 Å². The standard InChI is InChI=1S/C20H30N6O2/c1-15-23-24-19(25(15)2)12-22-20(26-10-9-17(13-26)14-27-3)21-11-16-5-7-18(28-4)8-6-16/h5-8,17H,9-14H2,1-4H3,(H,21,22). The van der Waals surface area contributed by atoms with E-state index in [9.17, 15) is 0 Å². The number of nitrogens with zero attached hydrogens (tertiary/aromatic N) is 5. The van der Waals surface area contributed by atoms with Crippen LogP contribution >= 0.6 is 0 Å². The van der Waals surface area contributed by atoms with Crippen molar-refractivity contribution in [2.45, 2.75) is 26.4 Å². The van der Waals surface area contributed by atoms with Crippen LogP contribution in [0.2, 0.25) is 0 Å². The van der Waals surface area contributed by atoms with Gasteiger partial charge in [-0.15, -0.1) is 10.2 Å². The van der Waals surface area contributed by atoms with E-state index in [1.165, 1.54) is 0 Å². The van der Waals surface area contributed by atoms with E-state index in [2.05, 4.69) is 20.4 Å². The third-order valence-electron chi connectivity index (χ3n) is 5.15. The van der Waals surface area contributed by atoms with Crippen LogP contribution in [0.15, 0.2) is 29.3 Å². The second-order valence-electron chi connectivity index (χ2n) is 7.12. The van der Waals surface area contributed by atoms with Crippen LogP contribution in [0.3, 0.4) is 0 Å². The molecule has 8 nitrogen and oxygen atoms in total. The normalized spacial score (nSPS) is 17.2. The number of guanidine groups is 1. The lowest BCUT2D eigenvalue weighted by molar-refractivity contribution is 0.157. The van der Waals surface area contributed by atoms with Gasteiger partial charge in [0.25, 0.3) is 0 Å². The molecule has 1 N–H and O–H groups in total. The fourth-order valence-electron chi connectivity index (χ4n) is 3.32. The number of hydrogen-bond donors (Lipinski definition) is 1. The van der Waals surface area contributed by atoms with E-state index in [0.29, 0.717) is 19.0 Å². The number of nitrogens with one attached hydrogen (secondary N) is 1. The van der Waals surface area contributed by atoms with Crippen LogP contribution < -0.4 is 10.1 Å². The maximum atomic E-state index is 5.33. The van der Waals surface area contributed by atoms with E-state index in [1.807, 2.05) is 42.8 Å². The summed E-state index contributed by atoms with van der Waals surface area (Å²) in [4.78, 5) is 7.17. The molecule has 1 saturated heterocycles. The second-order valence-corrected chi connectivity index (χ2v) is 7.12. The van der Waals surface area contributed by atoms with Crippen molar-refractivity contribution in [1.29, 1.82) is 0 Å². The van der Waals surface area contributed by atoms with Crippen molar-refractivity contribution in [3.8, 4) is 5.75 Å². The molecule has 0 aliphatic carbocycles. The molecular formula is C20H30N6O2. The molecular weight excluding hydrogens is 356 g/mol. The highest BCUT2D eigenvalue weighted by Crippen LogP contribution is 2.17. The fraction of sp³-hybridized carbons (Fsp3) is 0.550. The van der Waals surface area contributed by atoms with Gasteiger partial charge in [0.15, 0.2) is 11.8 Å². The van der Waals surface area contributed by atoms with Gasteiger partial charge >= 0.3 is 0 Å². The molecule has 1 fully saturated rings. The lowest BCUT2D eigenvalue weighted by atomic mass is 10.1. The maximum Gasteiger partial charge on any atom is 0.194 e. The minimum absolute atomic E-state index is 0.537. The van der Waals surface area contributed by atoms with Gasteiger partial charge in [0, 0.05) is 33.2 Å². The summed E-state index contributed by atoms with van der Waals surface area (Å²) in [6, 6.07) is 8.02. The van der Waals surface area contributed by atoms with E-state index in [-0.39, 0.29) is 0 Å². The van der Waals surface area contributed by atoms with Gasteiger partial charge in [0.05, 0.1) is 26.8 Å². The van der Waals surface area contributed by atoms with Gasteiger partial charge in [-0.05, 0) is 31.0 Å².